The zero-order valence-electron chi connectivity index (χ0n) is 13.7. The molecule has 23 heavy (non-hydrogen) atoms. The lowest BCUT2D eigenvalue weighted by Crippen LogP contribution is -2.20. The van der Waals surface area contributed by atoms with Gasteiger partial charge in [0, 0.05) is 5.92 Å². The standard InChI is InChI=1S/C22H24O/c1-3-11-21(20(4-2)19-14-9-6-10-15-19)22(23)17-16-18-12-7-5-8-13-18/h3,5-10,12-17,20-21H,1,4,11H2,2H3/b17-16+/t20-,21-/m1/s1. The van der Waals surface area contributed by atoms with E-state index in [9.17, 15) is 4.79 Å². The lowest BCUT2D eigenvalue weighted by Gasteiger charge is -2.23. The number of hydrogen-bond donors (Lipinski definition) is 0. The molecule has 0 bridgehead atoms. The molecule has 118 valence electrons. The molecule has 0 heterocycles. The van der Waals surface area contributed by atoms with Gasteiger partial charge in [0.25, 0.3) is 0 Å². The van der Waals surface area contributed by atoms with Crippen molar-refractivity contribution in [1.82, 2.24) is 0 Å². The van der Waals surface area contributed by atoms with Gasteiger partial charge in [-0.1, -0.05) is 79.7 Å². The molecule has 2 atom stereocenters. The predicted molar refractivity (Wildman–Crippen MR) is 98.3 cm³/mol. The van der Waals surface area contributed by atoms with Crippen molar-refractivity contribution < 1.29 is 4.79 Å². The molecule has 0 aliphatic heterocycles. The molecule has 2 rings (SSSR count). The van der Waals surface area contributed by atoms with Crippen LogP contribution in [0.25, 0.3) is 6.08 Å². The first-order valence-corrected chi connectivity index (χ1v) is 8.19. The average Bonchev–Trinajstić information content (AvgIpc) is 2.61. The number of allylic oxidation sites excluding steroid dienone is 2. The van der Waals surface area contributed by atoms with Gasteiger partial charge in [0.05, 0.1) is 0 Å². The molecular weight excluding hydrogens is 280 g/mol. The van der Waals surface area contributed by atoms with Gasteiger partial charge in [0.15, 0.2) is 5.78 Å². The summed E-state index contributed by atoms with van der Waals surface area (Å²) in [6.07, 6.45) is 7.11. The Morgan fingerprint density at radius 3 is 2.22 bits per heavy atom. The summed E-state index contributed by atoms with van der Waals surface area (Å²) in [5.74, 6) is 0.339. The van der Waals surface area contributed by atoms with Gasteiger partial charge in [-0.15, -0.1) is 6.58 Å². The van der Waals surface area contributed by atoms with Crippen LogP contribution in [0.3, 0.4) is 0 Å². The Balaban J connectivity index is 2.20. The molecule has 0 saturated carbocycles. The van der Waals surface area contributed by atoms with Gasteiger partial charge in [-0.3, -0.25) is 4.79 Å². The highest BCUT2D eigenvalue weighted by molar-refractivity contribution is 5.96. The maximum atomic E-state index is 12.7. The normalized spacial score (nSPS) is 13.6. The predicted octanol–water partition coefficient (Wildman–Crippen LogP) is 5.66. The zero-order valence-corrected chi connectivity index (χ0v) is 13.7. The third kappa shape index (κ3) is 4.79. The van der Waals surface area contributed by atoms with E-state index < -0.39 is 0 Å². The Kier molecular flexibility index (Phi) is 6.56. The molecule has 2 aromatic rings. The van der Waals surface area contributed by atoms with Crippen molar-refractivity contribution in [2.75, 3.05) is 0 Å². The lowest BCUT2D eigenvalue weighted by molar-refractivity contribution is -0.118. The molecule has 0 aliphatic rings. The van der Waals surface area contributed by atoms with E-state index in [1.54, 1.807) is 6.08 Å². The van der Waals surface area contributed by atoms with Crippen molar-refractivity contribution in [3.63, 3.8) is 0 Å². The van der Waals surface area contributed by atoms with Gasteiger partial charge in [0.2, 0.25) is 0 Å². The first-order valence-electron chi connectivity index (χ1n) is 8.19. The van der Waals surface area contributed by atoms with Crippen LogP contribution in [0.15, 0.2) is 79.4 Å². The van der Waals surface area contributed by atoms with Crippen molar-refractivity contribution in [2.24, 2.45) is 5.92 Å². The maximum absolute atomic E-state index is 12.7. The quantitative estimate of drug-likeness (QED) is 0.454. The smallest absolute Gasteiger partial charge is 0.159 e. The van der Waals surface area contributed by atoms with E-state index in [1.807, 2.05) is 60.7 Å². The number of carbonyl (C=O) groups excluding carboxylic acids is 1. The van der Waals surface area contributed by atoms with Crippen LogP contribution < -0.4 is 0 Å². The molecule has 0 unspecified atom stereocenters. The Morgan fingerprint density at radius 2 is 1.65 bits per heavy atom. The van der Waals surface area contributed by atoms with E-state index in [1.165, 1.54) is 5.56 Å². The van der Waals surface area contributed by atoms with E-state index in [-0.39, 0.29) is 17.6 Å². The molecule has 0 radical (unpaired) electrons. The highest BCUT2D eigenvalue weighted by atomic mass is 16.1. The Labute approximate surface area is 139 Å². The SMILES string of the molecule is C=CC[C@@H](C(=O)/C=C/c1ccccc1)[C@H](CC)c1ccccc1. The number of rotatable bonds is 8. The number of benzene rings is 2. The lowest BCUT2D eigenvalue weighted by atomic mass is 9.79. The van der Waals surface area contributed by atoms with Gasteiger partial charge in [-0.05, 0) is 36.0 Å². The monoisotopic (exact) mass is 304 g/mol. The van der Waals surface area contributed by atoms with Crippen molar-refractivity contribution in [3.05, 3.63) is 90.5 Å². The summed E-state index contributed by atoms with van der Waals surface area (Å²) in [5, 5.41) is 0. The third-order valence-electron chi connectivity index (χ3n) is 4.18. The summed E-state index contributed by atoms with van der Waals surface area (Å²) in [4.78, 5) is 12.7. The van der Waals surface area contributed by atoms with Crippen LogP contribution >= 0.6 is 0 Å². The van der Waals surface area contributed by atoms with E-state index >= 15 is 0 Å². The summed E-state index contributed by atoms with van der Waals surface area (Å²) in [6.45, 7) is 5.98. The summed E-state index contributed by atoms with van der Waals surface area (Å²) < 4.78 is 0. The van der Waals surface area contributed by atoms with Crippen molar-refractivity contribution >= 4 is 11.9 Å². The van der Waals surface area contributed by atoms with Gasteiger partial charge >= 0.3 is 0 Å². The molecule has 0 aliphatic carbocycles. The fourth-order valence-electron chi connectivity index (χ4n) is 2.98. The Hall–Kier alpha value is -2.41. The second-order valence-corrected chi connectivity index (χ2v) is 5.70. The molecule has 0 saturated heterocycles. The van der Waals surface area contributed by atoms with Crippen LogP contribution in [0, 0.1) is 5.92 Å². The van der Waals surface area contributed by atoms with E-state index in [2.05, 4.69) is 25.6 Å². The third-order valence-corrected chi connectivity index (χ3v) is 4.18. The van der Waals surface area contributed by atoms with Crippen molar-refractivity contribution in [2.45, 2.75) is 25.7 Å². The molecule has 2 aromatic carbocycles. The van der Waals surface area contributed by atoms with Gasteiger partial charge in [-0.25, -0.2) is 0 Å². The highest BCUT2D eigenvalue weighted by Gasteiger charge is 2.25. The van der Waals surface area contributed by atoms with Gasteiger partial charge in [0.1, 0.15) is 0 Å². The molecule has 0 N–H and O–H groups in total. The van der Waals surface area contributed by atoms with E-state index in [0.717, 1.165) is 12.0 Å². The van der Waals surface area contributed by atoms with E-state index in [0.29, 0.717) is 6.42 Å². The van der Waals surface area contributed by atoms with Crippen molar-refractivity contribution in [3.8, 4) is 0 Å². The van der Waals surface area contributed by atoms with Crippen LogP contribution in [-0.2, 0) is 4.79 Å². The van der Waals surface area contributed by atoms with Crippen molar-refractivity contribution in [1.29, 1.82) is 0 Å². The summed E-state index contributed by atoms with van der Waals surface area (Å²) in [7, 11) is 0. The molecule has 0 aromatic heterocycles. The molecular formula is C22H24O. The van der Waals surface area contributed by atoms with E-state index in [4.69, 9.17) is 0 Å². The van der Waals surface area contributed by atoms with Crippen LogP contribution in [0.1, 0.15) is 36.8 Å². The molecule has 0 spiro atoms. The van der Waals surface area contributed by atoms with Crippen LogP contribution in [0.2, 0.25) is 0 Å². The number of carbonyl (C=O) groups is 1. The van der Waals surface area contributed by atoms with Gasteiger partial charge in [-0.2, -0.15) is 0 Å². The fraction of sp³-hybridized carbons (Fsp3) is 0.227. The highest BCUT2D eigenvalue weighted by Crippen LogP contribution is 2.31. The summed E-state index contributed by atoms with van der Waals surface area (Å²) in [6, 6.07) is 20.2. The minimum atomic E-state index is -0.0557. The summed E-state index contributed by atoms with van der Waals surface area (Å²) in [5.41, 5.74) is 2.27. The Bertz CT molecular complexity index is 640. The van der Waals surface area contributed by atoms with Crippen LogP contribution in [0.4, 0.5) is 0 Å². The number of hydrogen-bond acceptors (Lipinski definition) is 1. The fourth-order valence-corrected chi connectivity index (χ4v) is 2.98. The first kappa shape index (κ1) is 17.0. The average molecular weight is 304 g/mol. The molecule has 1 heteroatoms. The van der Waals surface area contributed by atoms with Crippen LogP contribution in [0.5, 0.6) is 0 Å². The molecule has 0 amide bonds. The maximum Gasteiger partial charge on any atom is 0.159 e. The van der Waals surface area contributed by atoms with Gasteiger partial charge < -0.3 is 0 Å². The van der Waals surface area contributed by atoms with Crippen LogP contribution in [-0.4, -0.2) is 5.78 Å². The second kappa shape index (κ2) is 8.89. The zero-order chi connectivity index (χ0) is 16.5. The molecule has 1 nitrogen and oxygen atoms in total. The molecule has 0 fully saturated rings. The summed E-state index contributed by atoms with van der Waals surface area (Å²) >= 11 is 0. The Morgan fingerprint density at radius 1 is 1.04 bits per heavy atom. The first-order chi connectivity index (χ1) is 11.3. The largest absolute Gasteiger partial charge is 0.295 e. The number of ketones is 1. The minimum absolute atomic E-state index is 0.0557. The minimum Gasteiger partial charge on any atom is -0.295 e. The second-order valence-electron chi connectivity index (χ2n) is 5.70. The topological polar surface area (TPSA) is 17.1 Å².